The van der Waals surface area contributed by atoms with Gasteiger partial charge >= 0.3 is 0 Å². The predicted octanol–water partition coefficient (Wildman–Crippen LogP) is 4.32. The fourth-order valence-electron chi connectivity index (χ4n) is 1.71. The first-order valence-electron chi connectivity index (χ1n) is 5.21. The van der Waals surface area contributed by atoms with Crippen molar-refractivity contribution in [3.8, 4) is 10.6 Å². The van der Waals surface area contributed by atoms with Crippen molar-refractivity contribution in [1.82, 2.24) is 9.97 Å². The number of pyridine rings is 1. The van der Waals surface area contributed by atoms with Crippen molar-refractivity contribution in [1.29, 1.82) is 0 Å². The van der Waals surface area contributed by atoms with Crippen LogP contribution in [0.25, 0.3) is 21.5 Å². The van der Waals surface area contributed by atoms with Crippen LogP contribution >= 0.6 is 22.9 Å². The lowest BCUT2D eigenvalue weighted by atomic mass is 10.1. The molecule has 17 heavy (non-hydrogen) atoms. The second-order valence-corrected chi connectivity index (χ2v) is 5.08. The van der Waals surface area contributed by atoms with Crippen molar-refractivity contribution < 1.29 is 0 Å². The molecular weight excluding hydrogens is 252 g/mol. The van der Waals surface area contributed by atoms with Crippen LogP contribution in [0.15, 0.2) is 35.7 Å². The molecule has 0 atom stereocenters. The topological polar surface area (TPSA) is 25.8 Å². The van der Waals surface area contributed by atoms with Gasteiger partial charge in [0.1, 0.15) is 10.2 Å². The zero-order valence-electron chi connectivity index (χ0n) is 9.14. The van der Waals surface area contributed by atoms with Crippen LogP contribution < -0.4 is 0 Å². The van der Waals surface area contributed by atoms with Crippen LogP contribution in [-0.4, -0.2) is 9.97 Å². The lowest BCUT2D eigenvalue weighted by molar-refractivity contribution is 1.27. The number of rotatable bonds is 1. The molecule has 84 valence electrons. The first kappa shape index (κ1) is 10.7. The van der Waals surface area contributed by atoms with Gasteiger partial charge in [0.15, 0.2) is 0 Å². The van der Waals surface area contributed by atoms with Crippen LogP contribution in [0.4, 0.5) is 0 Å². The van der Waals surface area contributed by atoms with Gasteiger partial charge in [-0.05, 0) is 25.1 Å². The summed E-state index contributed by atoms with van der Waals surface area (Å²) in [6.07, 6.45) is 0. The van der Waals surface area contributed by atoms with Gasteiger partial charge in [0.25, 0.3) is 0 Å². The molecule has 0 aliphatic rings. The number of benzene rings is 1. The van der Waals surface area contributed by atoms with E-state index in [0.717, 1.165) is 27.2 Å². The molecule has 0 saturated carbocycles. The molecule has 0 amide bonds. The fourth-order valence-corrected chi connectivity index (χ4v) is 2.66. The molecule has 4 heteroatoms. The fraction of sp³-hybridized carbons (Fsp3) is 0.0769. The molecule has 0 saturated heterocycles. The first-order chi connectivity index (χ1) is 8.22. The van der Waals surface area contributed by atoms with Gasteiger partial charge < -0.3 is 0 Å². The number of hydrogen-bond donors (Lipinski definition) is 0. The third kappa shape index (κ3) is 2.04. The Hall–Kier alpha value is -1.45. The van der Waals surface area contributed by atoms with Gasteiger partial charge in [-0.1, -0.05) is 23.7 Å². The Morgan fingerprint density at radius 2 is 1.94 bits per heavy atom. The predicted molar refractivity (Wildman–Crippen MR) is 72.6 cm³/mol. The second kappa shape index (κ2) is 4.09. The van der Waals surface area contributed by atoms with E-state index in [1.165, 1.54) is 0 Å². The molecule has 0 aliphatic carbocycles. The highest BCUT2D eigenvalue weighted by Gasteiger charge is 2.04. The molecule has 0 N–H and O–H groups in total. The van der Waals surface area contributed by atoms with Crippen molar-refractivity contribution >= 4 is 33.8 Å². The number of halogens is 1. The number of nitrogens with zero attached hydrogens (tertiary/aromatic N) is 2. The Balaban J connectivity index is 2.18. The van der Waals surface area contributed by atoms with E-state index in [2.05, 4.69) is 16.0 Å². The van der Waals surface area contributed by atoms with Crippen LogP contribution in [0.2, 0.25) is 5.15 Å². The van der Waals surface area contributed by atoms with Crippen molar-refractivity contribution in [3.05, 3.63) is 46.6 Å². The van der Waals surface area contributed by atoms with E-state index in [1.807, 2.05) is 30.5 Å². The van der Waals surface area contributed by atoms with Crippen LogP contribution in [0.3, 0.4) is 0 Å². The zero-order chi connectivity index (χ0) is 11.8. The van der Waals surface area contributed by atoms with E-state index < -0.39 is 0 Å². The summed E-state index contributed by atoms with van der Waals surface area (Å²) in [6, 6.07) is 9.92. The summed E-state index contributed by atoms with van der Waals surface area (Å²) in [5.41, 5.74) is 3.04. The molecule has 0 unspecified atom stereocenters. The lowest BCUT2D eigenvalue weighted by Crippen LogP contribution is -1.82. The highest BCUT2D eigenvalue weighted by molar-refractivity contribution is 7.13. The maximum atomic E-state index is 5.90. The number of fused-ring (bicyclic) bond motifs is 1. The number of aromatic nitrogens is 2. The SMILES string of the molecule is Cc1csc(-c2ccc3ccc(Cl)nc3c2)n1. The van der Waals surface area contributed by atoms with Gasteiger partial charge in [-0.2, -0.15) is 0 Å². The minimum absolute atomic E-state index is 0.518. The van der Waals surface area contributed by atoms with Crippen LogP contribution in [0, 0.1) is 6.92 Å². The van der Waals surface area contributed by atoms with E-state index >= 15 is 0 Å². The van der Waals surface area contributed by atoms with Gasteiger partial charge in [-0.25, -0.2) is 9.97 Å². The van der Waals surface area contributed by atoms with Crippen LogP contribution in [0.1, 0.15) is 5.69 Å². The third-order valence-corrected chi connectivity index (χ3v) is 3.74. The highest BCUT2D eigenvalue weighted by Crippen LogP contribution is 2.26. The quantitative estimate of drug-likeness (QED) is 0.609. The zero-order valence-corrected chi connectivity index (χ0v) is 10.7. The molecule has 1 aromatic carbocycles. The highest BCUT2D eigenvalue weighted by atomic mass is 35.5. The average Bonchev–Trinajstić information content (AvgIpc) is 2.75. The largest absolute Gasteiger partial charge is 0.241 e. The summed E-state index contributed by atoms with van der Waals surface area (Å²) in [7, 11) is 0. The number of aryl methyl sites for hydroxylation is 1. The molecule has 3 rings (SSSR count). The van der Waals surface area contributed by atoms with Crippen molar-refractivity contribution in [2.24, 2.45) is 0 Å². The third-order valence-electron chi connectivity index (χ3n) is 2.52. The molecular formula is C13H9ClN2S. The van der Waals surface area contributed by atoms with Crippen molar-refractivity contribution in [2.75, 3.05) is 0 Å². The van der Waals surface area contributed by atoms with Gasteiger partial charge in [0, 0.05) is 22.0 Å². The Bertz CT molecular complexity index is 691. The van der Waals surface area contributed by atoms with Gasteiger partial charge in [-0.3, -0.25) is 0 Å². The molecule has 0 radical (unpaired) electrons. The van der Waals surface area contributed by atoms with E-state index in [-0.39, 0.29) is 0 Å². The first-order valence-corrected chi connectivity index (χ1v) is 6.47. The van der Waals surface area contributed by atoms with Gasteiger partial charge in [-0.15, -0.1) is 11.3 Å². The smallest absolute Gasteiger partial charge is 0.129 e. The Morgan fingerprint density at radius 1 is 1.12 bits per heavy atom. The maximum Gasteiger partial charge on any atom is 0.129 e. The molecule has 0 bridgehead atoms. The molecule has 2 nitrogen and oxygen atoms in total. The summed E-state index contributed by atoms with van der Waals surface area (Å²) < 4.78 is 0. The molecule has 0 spiro atoms. The van der Waals surface area contributed by atoms with Crippen LogP contribution in [-0.2, 0) is 0 Å². The molecule has 2 heterocycles. The normalized spacial score (nSPS) is 10.9. The summed E-state index contributed by atoms with van der Waals surface area (Å²) in [6.45, 7) is 2.00. The average molecular weight is 261 g/mol. The van der Waals surface area contributed by atoms with E-state index in [0.29, 0.717) is 5.15 Å². The van der Waals surface area contributed by atoms with E-state index in [9.17, 15) is 0 Å². The second-order valence-electron chi connectivity index (χ2n) is 3.84. The Morgan fingerprint density at radius 3 is 2.71 bits per heavy atom. The minimum Gasteiger partial charge on any atom is -0.241 e. The van der Waals surface area contributed by atoms with E-state index in [4.69, 9.17) is 11.6 Å². The maximum absolute atomic E-state index is 5.90. The summed E-state index contributed by atoms with van der Waals surface area (Å²) in [5, 5.41) is 4.67. The van der Waals surface area contributed by atoms with Gasteiger partial charge in [0.05, 0.1) is 5.52 Å². The number of hydrogen-bond acceptors (Lipinski definition) is 3. The van der Waals surface area contributed by atoms with Crippen molar-refractivity contribution in [2.45, 2.75) is 6.92 Å². The molecule has 0 aliphatic heterocycles. The number of thiazole rings is 1. The summed E-state index contributed by atoms with van der Waals surface area (Å²) >= 11 is 7.54. The standard InChI is InChI=1S/C13H9ClN2S/c1-8-7-17-13(15-8)10-3-2-9-4-5-12(14)16-11(9)6-10/h2-7H,1H3. The van der Waals surface area contributed by atoms with E-state index in [1.54, 1.807) is 17.4 Å². The molecule has 2 aromatic heterocycles. The van der Waals surface area contributed by atoms with Crippen molar-refractivity contribution in [3.63, 3.8) is 0 Å². The van der Waals surface area contributed by atoms with Gasteiger partial charge in [0.2, 0.25) is 0 Å². The molecule has 0 fully saturated rings. The summed E-state index contributed by atoms with van der Waals surface area (Å²) in [4.78, 5) is 8.78. The Kier molecular flexibility index (Phi) is 2.57. The lowest BCUT2D eigenvalue weighted by Gasteiger charge is -2.00. The molecule has 3 aromatic rings. The monoisotopic (exact) mass is 260 g/mol. The summed E-state index contributed by atoms with van der Waals surface area (Å²) in [5.74, 6) is 0. The Labute approximate surface area is 108 Å². The minimum atomic E-state index is 0.518. The van der Waals surface area contributed by atoms with Crippen LogP contribution in [0.5, 0.6) is 0 Å².